The largest absolute Gasteiger partial charge is 0.485 e. The molecule has 0 aliphatic heterocycles. The lowest BCUT2D eigenvalue weighted by molar-refractivity contribution is 0.301. The number of aryl methyl sites for hydroxylation is 1. The monoisotopic (exact) mass is 249 g/mol. The number of hydrogen-bond donors (Lipinski definition) is 1. The fourth-order valence-corrected chi connectivity index (χ4v) is 1.66. The molecule has 5 nitrogen and oxygen atoms in total. The van der Waals surface area contributed by atoms with Crippen molar-refractivity contribution in [1.82, 2.24) is 15.1 Å². The second kappa shape index (κ2) is 6.26. The summed E-state index contributed by atoms with van der Waals surface area (Å²) >= 11 is 0. The van der Waals surface area contributed by atoms with Gasteiger partial charge in [-0.1, -0.05) is 6.92 Å². The molecule has 2 rings (SSSR count). The van der Waals surface area contributed by atoms with E-state index in [0.717, 1.165) is 36.6 Å². The lowest BCUT2D eigenvalue weighted by Crippen LogP contribution is -2.14. The zero-order valence-corrected chi connectivity index (χ0v) is 10.8. The molecule has 0 bridgehead atoms. The zero-order valence-electron chi connectivity index (χ0n) is 10.8. The number of furan rings is 1. The first-order valence-corrected chi connectivity index (χ1v) is 6.17. The van der Waals surface area contributed by atoms with E-state index < -0.39 is 0 Å². The lowest BCUT2D eigenvalue weighted by atomic mass is 10.2. The molecule has 0 saturated carbocycles. The van der Waals surface area contributed by atoms with Crippen molar-refractivity contribution < 1.29 is 9.15 Å². The topological polar surface area (TPSA) is 52.2 Å². The maximum absolute atomic E-state index is 5.65. The molecule has 0 amide bonds. The van der Waals surface area contributed by atoms with Crippen molar-refractivity contribution in [2.75, 3.05) is 6.54 Å². The van der Waals surface area contributed by atoms with E-state index in [-0.39, 0.29) is 0 Å². The van der Waals surface area contributed by atoms with Gasteiger partial charge in [-0.2, -0.15) is 5.10 Å². The lowest BCUT2D eigenvalue weighted by Gasteiger charge is -2.05. The molecule has 0 atom stereocenters. The highest BCUT2D eigenvalue weighted by Crippen LogP contribution is 2.15. The van der Waals surface area contributed by atoms with Crippen LogP contribution in [0.4, 0.5) is 0 Å². The van der Waals surface area contributed by atoms with Crippen LogP contribution in [0.25, 0.3) is 0 Å². The van der Waals surface area contributed by atoms with Gasteiger partial charge in [0, 0.05) is 12.6 Å². The Morgan fingerprint density at radius 3 is 3.11 bits per heavy atom. The summed E-state index contributed by atoms with van der Waals surface area (Å²) in [4.78, 5) is 0. The molecular formula is C13H19N3O2. The van der Waals surface area contributed by atoms with E-state index in [1.54, 1.807) is 17.1 Å². The summed E-state index contributed by atoms with van der Waals surface area (Å²) in [5.74, 6) is 1.71. The zero-order chi connectivity index (χ0) is 12.8. The van der Waals surface area contributed by atoms with E-state index >= 15 is 0 Å². The van der Waals surface area contributed by atoms with E-state index in [1.807, 2.05) is 19.3 Å². The Bertz CT molecular complexity index is 476. The van der Waals surface area contributed by atoms with Crippen molar-refractivity contribution in [3.8, 4) is 5.75 Å². The van der Waals surface area contributed by atoms with Gasteiger partial charge < -0.3 is 14.5 Å². The summed E-state index contributed by atoms with van der Waals surface area (Å²) in [6, 6.07) is 1.94. The Hall–Kier alpha value is -1.75. The minimum atomic E-state index is 0.505. The maximum Gasteiger partial charge on any atom is 0.157 e. The molecule has 18 heavy (non-hydrogen) atoms. The predicted molar refractivity (Wildman–Crippen MR) is 68.2 cm³/mol. The molecule has 1 N–H and O–H groups in total. The summed E-state index contributed by atoms with van der Waals surface area (Å²) in [5.41, 5.74) is 1.07. The Morgan fingerprint density at radius 2 is 2.39 bits per heavy atom. The average Bonchev–Trinajstić information content (AvgIpc) is 2.96. The molecule has 5 heteroatoms. The third kappa shape index (κ3) is 3.37. The number of rotatable bonds is 7. The molecule has 2 heterocycles. The minimum absolute atomic E-state index is 0.505. The molecule has 0 unspecified atom stereocenters. The summed E-state index contributed by atoms with van der Waals surface area (Å²) in [7, 11) is 1.87. The van der Waals surface area contributed by atoms with Crippen molar-refractivity contribution in [1.29, 1.82) is 0 Å². The van der Waals surface area contributed by atoms with Crippen molar-refractivity contribution in [3.63, 3.8) is 0 Å². The third-order valence-corrected chi connectivity index (χ3v) is 2.63. The highest BCUT2D eigenvalue weighted by atomic mass is 16.5. The molecule has 2 aromatic heterocycles. The first kappa shape index (κ1) is 12.7. The van der Waals surface area contributed by atoms with Crippen LogP contribution in [-0.4, -0.2) is 16.3 Å². The van der Waals surface area contributed by atoms with Gasteiger partial charge in [0.2, 0.25) is 0 Å². The summed E-state index contributed by atoms with van der Waals surface area (Å²) in [5, 5.41) is 7.37. The summed E-state index contributed by atoms with van der Waals surface area (Å²) < 4.78 is 12.8. The fourth-order valence-electron chi connectivity index (χ4n) is 1.66. The second-order valence-electron chi connectivity index (χ2n) is 4.18. The smallest absolute Gasteiger partial charge is 0.157 e. The minimum Gasteiger partial charge on any atom is -0.485 e. The molecule has 2 aromatic rings. The highest BCUT2D eigenvalue weighted by molar-refractivity contribution is 5.18. The first-order chi connectivity index (χ1) is 8.79. The molecule has 0 radical (unpaired) electrons. The van der Waals surface area contributed by atoms with Gasteiger partial charge in [0.1, 0.15) is 12.4 Å². The first-order valence-electron chi connectivity index (χ1n) is 6.17. The van der Waals surface area contributed by atoms with Crippen LogP contribution >= 0.6 is 0 Å². The average molecular weight is 249 g/mol. The Labute approximate surface area is 107 Å². The predicted octanol–water partition coefficient (Wildman–Crippen LogP) is 2.09. The van der Waals surface area contributed by atoms with Crippen LogP contribution in [0.15, 0.2) is 29.1 Å². The third-order valence-electron chi connectivity index (χ3n) is 2.63. The van der Waals surface area contributed by atoms with Crippen LogP contribution in [0.1, 0.15) is 24.7 Å². The number of nitrogens with one attached hydrogen (secondary N) is 1. The van der Waals surface area contributed by atoms with Gasteiger partial charge in [0.05, 0.1) is 25.2 Å². The highest BCUT2D eigenvalue weighted by Gasteiger charge is 2.07. The van der Waals surface area contributed by atoms with Crippen LogP contribution in [0, 0.1) is 0 Å². The summed E-state index contributed by atoms with van der Waals surface area (Å²) in [6.45, 7) is 4.38. The SMILES string of the molecule is CCCNCc1occc1COc1cnn(C)c1. The molecular weight excluding hydrogens is 230 g/mol. The fraction of sp³-hybridized carbons (Fsp3) is 0.462. The molecule has 0 fully saturated rings. The quantitative estimate of drug-likeness (QED) is 0.763. The van der Waals surface area contributed by atoms with Gasteiger partial charge in [-0.3, -0.25) is 4.68 Å². The van der Waals surface area contributed by atoms with Crippen LogP contribution in [0.2, 0.25) is 0 Å². The maximum atomic E-state index is 5.65. The van der Waals surface area contributed by atoms with Gasteiger partial charge in [-0.05, 0) is 19.0 Å². The van der Waals surface area contributed by atoms with E-state index in [1.165, 1.54) is 0 Å². The number of hydrogen-bond acceptors (Lipinski definition) is 4. The Kier molecular flexibility index (Phi) is 4.41. The van der Waals surface area contributed by atoms with Crippen LogP contribution in [0.5, 0.6) is 5.75 Å². The van der Waals surface area contributed by atoms with E-state index in [2.05, 4.69) is 17.3 Å². The van der Waals surface area contributed by atoms with E-state index in [9.17, 15) is 0 Å². The van der Waals surface area contributed by atoms with Crippen molar-refractivity contribution in [3.05, 3.63) is 36.0 Å². The normalized spacial score (nSPS) is 10.8. The molecule has 0 aliphatic rings. The van der Waals surface area contributed by atoms with Gasteiger partial charge in [-0.25, -0.2) is 0 Å². The van der Waals surface area contributed by atoms with Crippen LogP contribution in [-0.2, 0) is 20.2 Å². The van der Waals surface area contributed by atoms with Gasteiger partial charge >= 0.3 is 0 Å². The van der Waals surface area contributed by atoms with Gasteiger partial charge in [0.25, 0.3) is 0 Å². The molecule has 98 valence electrons. The standard InChI is InChI=1S/C13H19N3O2/c1-3-5-14-8-13-11(4-6-17-13)10-18-12-7-15-16(2)9-12/h4,6-7,9,14H,3,5,8,10H2,1-2H3. The Balaban J connectivity index is 1.87. The van der Waals surface area contributed by atoms with Crippen molar-refractivity contribution in [2.24, 2.45) is 7.05 Å². The Morgan fingerprint density at radius 1 is 1.50 bits per heavy atom. The second-order valence-corrected chi connectivity index (χ2v) is 4.18. The molecule has 0 aliphatic carbocycles. The van der Waals surface area contributed by atoms with Crippen molar-refractivity contribution >= 4 is 0 Å². The van der Waals surface area contributed by atoms with Crippen molar-refractivity contribution in [2.45, 2.75) is 26.5 Å². The van der Waals surface area contributed by atoms with E-state index in [4.69, 9.17) is 9.15 Å². The molecule has 0 aromatic carbocycles. The summed E-state index contributed by atoms with van der Waals surface area (Å²) in [6.07, 6.45) is 6.36. The number of nitrogens with zero attached hydrogens (tertiary/aromatic N) is 2. The molecule has 0 spiro atoms. The number of aromatic nitrogens is 2. The van der Waals surface area contributed by atoms with E-state index in [0.29, 0.717) is 6.61 Å². The van der Waals surface area contributed by atoms with Gasteiger partial charge in [-0.15, -0.1) is 0 Å². The van der Waals surface area contributed by atoms with Crippen LogP contribution < -0.4 is 10.1 Å². The molecule has 0 saturated heterocycles. The van der Waals surface area contributed by atoms with Gasteiger partial charge in [0.15, 0.2) is 5.75 Å². The number of ether oxygens (including phenoxy) is 1. The van der Waals surface area contributed by atoms with Crippen LogP contribution in [0.3, 0.4) is 0 Å².